The maximum absolute atomic E-state index is 5.05. The van der Waals surface area contributed by atoms with E-state index in [-0.39, 0.29) is 5.41 Å². The fraction of sp³-hybridized carbons (Fsp3) is 0.357. The number of fused-ring (bicyclic) bond motifs is 1. The Morgan fingerprint density at radius 1 is 1.06 bits per heavy atom. The summed E-state index contributed by atoms with van der Waals surface area (Å²) in [4.78, 5) is 9.74. The Kier molecular flexibility index (Phi) is 5.24. The Morgan fingerprint density at radius 3 is 2.53 bits per heavy atom. The van der Waals surface area contributed by atoms with Crippen LogP contribution >= 0.6 is 0 Å². The number of benzene rings is 2. The van der Waals surface area contributed by atoms with Crippen molar-refractivity contribution in [2.75, 3.05) is 5.32 Å². The lowest BCUT2D eigenvalue weighted by molar-refractivity contribution is 0.506. The van der Waals surface area contributed by atoms with Crippen molar-refractivity contribution in [2.45, 2.75) is 57.9 Å². The van der Waals surface area contributed by atoms with Gasteiger partial charge < -0.3 is 9.88 Å². The Bertz CT molecular complexity index is 1250. The molecule has 0 spiro atoms. The molecule has 2 aromatic carbocycles. The zero-order valence-corrected chi connectivity index (χ0v) is 19.5. The lowest BCUT2D eigenvalue weighted by atomic mass is 9.82. The molecule has 0 bridgehead atoms. The molecule has 4 nitrogen and oxygen atoms in total. The Morgan fingerprint density at radius 2 is 1.81 bits per heavy atom. The highest BCUT2D eigenvalue weighted by atomic mass is 15.1. The van der Waals surface area contributed by atoms with E-state index >= 15 is 0 Å². The monoisotopic (exact) mass is 424 g/mol. The standard InChI is InChI=1S/C28H32N4/c1-5-28(2,3)21-14-10-19(11-15-21)17-29-25-16-24-27(30-18-32(24)4)26(31-25)23-9-7-6-8-22(23)20-12-13-20/h6-11,14-16,18,20H,5,12-13,17H2,1-4H3,(H,29,31). The zero-order valence-electron chi connectivity index (χ0n) is 19.5. The SMILES string of the molecule is CCC(C)(C)c1ccc(CNc2cc3c(ncn3C)c(-c3ccccc3C3CC3)n2)cc1. The molecule has 0 radical (unpaired) electrons. The number of imidazole rings is 1. The van der Waals surface area contributed by atoms with E-state index in [9.17, 15) is 0 Å². The maximum atomic E-state index is 5.05. The van der Waals surface area contributed by atoms with E-state index in [2.05, 4.69) is 90.2 Å². The van der Waals surface area contributed by atoms with Gasteiger partial charge in [0.15, 0.2) is 0 Å². The van der Waals surface area contributed by atoms with Crippen molar-refractivity contribution in [3.05, 3.63) is 77.6 Å². The van der Waals surface area contributed by atoms with E-state index in [1.165, 1.54) is 35.1 Å². The van der Waals surface area contributed by atoms with Crippen molar-refractivity contribution in [1.82, 2.24) is 14.5 Å². The largest absolute Gasteiger partial charge is 0.366 e. The van der Waals surface area contributed by atoms with Gasteiger partial charge in [0, 0.05) is 25.2 Å². The molecule has 2 heterocycles. The molecule has 2 aromatic heterocycles. The summed E-state index contributed by atoms with van der Waals surface area (Å²) in [6.07, 6.45) is 5.55. The second-order valence-corrected chi connectivity index (χ2v) is 9.73. The van der Waals surface area contributed by atoms with Gasteiger partial charge in [0.2, 0.25) is 0 Å². The van der Waals surface area contributed by atoms with Gasteiger partial charge >= 0.3 is 0 Å². The summed E-state index contributed by atoms with van der Waals surface area (Å²) in [5, 5.41) is 3.56. The number of hydrogen-bond acceptors (Lipinski definition) is 3. The van der Waals surface area contributed by atoms with Crippen molar-refractivity contribution in [2.24, 2.45) is 7.05 Å². The molecule has 164 valence electrons. The first-order valence-electron chi connectivity index (χ1n) is 11.7. The molecule has 1 N–H and O–H groups in total. The van der Waals surface area contributed by atoms with Gasteiger partial charge in [-0.2, -0.15) is 0 Å². The Balaban J connectivity index is 1.46. The second kappa shape index (κ2) is 8.09. The van der Waals surface area contributed by atoms with Gasteiger partial charge in [0.25, 0.3) is 0 Å². The number of hydrogen-bond donors (Lipinski definition) is 1. The van der Waals surface area contributed by atoms with Crippen LogP contribution in [-0.2, 0) is 19.0 Å². The van der Waals surface area contributed by atoms with Crippen LogP contribution in [0.1, 0.15) is 62.6 Å². The van der Waals surface area contributed by atoms with Crippen molar-refractivity contribution in [3.8, 4) is 11.3 Å². The third-order valence-corrected chi connectivity index (χ3v) is 7.04. The molecular formula is C28H32N4. The van der Waals surface area contributed by atoms with Crippen LogP contribution in [0, 0.1) is 0 Å². The first kappa shape index (κ1) is 20.7. The predicted octanol–water partition coefficient (Wildman–Crippen LogP) is 6.81. The van der Waals surface area contributed by atoms with E-state index in [0.29, 0.717) is 5.92 Å². The third kappa shape index (κ3) is 3.90. The maximum Gasteiger partial charge on any atom is 0.129 e. The topological polar surface area (TPSA) is 42.7 Å². The molecule has 32 heavy (non-hydrogen) atoms. The third-order valence-electron chi connectivity index (χ3n) is 7.04. The van der Waals surface area contributed by atoms with Crippen LogP contribution in [0.5, 0.6) is 0 Å². The first-order chi connectivity index (χ1) is 15.5. The number of rotatable bonds is 7. The minimum atomic E-state index is 0.210. The minimum absolute atomic E-state index is 0.210. The molecule has 0 aliphatic heterocycles. The Hall–Kier alpha value is -3.14. The number of aryl methyl sites for hydroxylation is 1. The van der Waals surface area contributed by atoms with Crippen LogP contribution in [-0.4, -0.2) is 14.5 Å². The van der Waals surface area contributed by atoms with Crippen LogP contribution in [0.2, 0.25) is 0 Å². The van der Waals surface area contributed by atoms with Gasteiger partial charge in [-0.1, -0.05) is 69.3 Å². The Labute approximate surface area is 190 Å². The normalized spacial score (nSPS) is 14.1. The summed E-state index contributed by atoms with van der Waals surface area (Å²) in [5.74, 6) is 1.55. The smallest absolute Gasteiger partial charge is 0.129 e. The molecular weight excluding hydrogens is 392 g/mol. The molecule has 1 aliphatic carbocycles. The quantitative estimate of drug-likeness (QED) is 0.354. The number of nitrogens with one attached hydrogen (secondary N) is 1. The highest BCUT2D eigenvalue weighted by Crippen LogP contribution is 2.45. The summed E-state index contributed by atoms with van der Waals surface area (Å²) in [6, 6.07) is 19.8. The molecule has 0 unspecified atom stereocenters. The highest BCUT2D eigenvalue weighted by Gasteiger charge is 2.27. The van der Waals surface area contributed by atoms with Crippen LogP contribution < -0.4 is 5.32 Å². The van der Waals surface area contributed by atoms with Gasteiger partial charge in [-0.15, -0.1) is 0 Å². The van der Waals surface area contributed by atoms with Gasteiger partial charge in [-0.05, 0) is 47.3 Å². The van der Waals surface area contributed by atoms with E-state index in [1.807, 2.05) is 13.4 Å². The van der Waals surface area contributed by atoms with Gasteiger partial charge in [-0.3, -0.25) is 0 Å². The van der Waals surface area contributed by atoms with E-state index in [0.717, 1.165) is 35.5 Å². The number of anilines is 1. The van der Waals surface area contributed by atoms with Gasteiger partial charge in [-0.25, -0.2) is 9.97 Å². The lowest BCUT2D eigenvalue weighted by Gasteiger charge is -2.23. The molecule has 1 saturated carbocycles. The van der Waals surface area contributed by atoms with Crippen molar-refractivity contribution < 1.29 is 0 Å². The molecule has 5 rings (SSSR count). The fourth-order valence-electron chi connectivity index (χ4n) is 4.34. The van der Waals surface area contributed by atoms with E-state index < -0.39 is 0 Å². The highest BCUT2D eigenvalue weighted by molar-refractivity contribution is 5.92. The molecule has 1 fully saturated rings. The second-order valence-electron chi connectivity index (χ2n) is 9.73. The number of aromatic nitrogens is 3. The van der Waals surface area contributed by atoms with Crippen molar-refractivity contribution in [3.63, 3.8) is 0 Å². The summed E-state index contributed by atoms with van der Waals surface area (Å²) in [6.45, 7) is 7.59. The van der Waals surface area contributed by atoms with E-state index in [1.54, 1.807) is 0 Å². The first-order valence-corrected chi connectivity index (χ1v) is 11.7. The summed E-state index contributed by atoms with van der Waals surface area (Å²) < 4.78 is 2.08. The van der Waals surface area contributed by atoms with Gasteiger partial charge in [0.05, 0.1) is 11.8 Å². The molecule has 1 aliphatic rings. The van der Waals surface area contributed by atoms with Crippen molar-refractivity contribution >= 4 is 16.9 Å². The lowest BCUT2D eigenvalue weighted by Crippen LogP contribution is -2.15. The van der Waals surface area contributed by atoms with Crippen LogP contribution in [0.4, 0.5) is 5.82 Å². The van der Waals surface area contributed by atoms with Crippen LogP contribution in [0.15, 0.2) is 60.9 Å². The predicted molar refractivity (Wildman–Crippen MR) is 133 cm³/mol. The molecule has 0 saturated heterocycles. The summed E-state index contributed by atoms with van der Waals surface area (Å²) in [7, 11) is 2.05. The molecule has 4 heteroatoms. The van der Waals surface area contributed by atoms with Crippen molar-refractivity contribution in [1.29, 1.82) is 0 Å². The molecule has 4 aromatic rings. The zero-order chi connectivity index (χ0) is 22.3. The number of pyridine rings is 1. The average Bonchev–Trinajstić information content (AvgIpc) is 3.60. The van der Waals surface area contributed by atoms with Crippen LogP contribution in [0.3, 0.4) is 0 Å². The van der Waals surface area contributed by atoms with E-state index in [4.69, 9.17) is 4.98 Å². The molecule has 0 atom stereocenters. The average molecular weight is 425 g/mol. The van der Waals surface area contributed by atoms with Crippen LogP contribution in [0.25, 0.3) is 22.3 Å². The summed E-state index contributed by atoms with van der Waals surface area (Å²) in [5.41, 5.74) is 8.52. The number of nitrogens with zero attached hydrogens (tertiary/aromatic N) is 3. The fourth-order valence-corrected chi connectivity index (χ4v) is 4.34. The van der Waals surface area contributed by atoms with Gasteiger partial charge in [0.1, 0.15) is 17.0 Å². The summed E-state index contributed by atoms with van der Waals surface area (Å²) >= 11 is 0. The molecule has 0 amide bonds. The minimum Gasteiger partial charge on any atom is -0.366 e.